The summed E-state index contributed by atoms with van der Waals surface area (Å²) in [6.07, 6.45) is 4.92. The van der Waals surface area contributed by atoms with Crippen LogP contribution in [-0.2, 0) is 9.57 Å². The zero-order valence-electron chi connectivity index (χ0n) is 17.5. The first kappa shape index (κ1) is 21.0. The van der Waals surface area contributed by atoms with Crippen molar-refractivity contribution in [2.24, 2.45) is 11.8 Å². The van der Waals surface area contributed by atoms with E-state index in [9.17, 15) is 8.78 Å². The van der Waals surface area contributed by atoms with Gasteiger partial charge in [-0.1, -0.05) is 31.2 Å². The Labute approximate surface area is 177 Å². The molecule has 0 aromatic heterocycles. The van der Waals surface area contributed by atoms with Crippen LogP contribution in [0.1, 0.15) is 56.3 Å². The van der Waals surface area contributed by atoms with Crippen LogP contribution in [0.4, 0.5) is 8.78 Å². The minimum Gasteiger partial charge on any atom is -0.361 e. The molecule has 3 atom stereocenters. The molecule has 0 spiro atoms. The normalized spacial score (nSPS) is 24.9. The van der Waals surface area contributed by atoms with E-state index in [0.717, 1.165) is 29.7 Å². The number of allylic oxidation sites excluding steroid dienone is 1. The van der Waals surface area contributed by atoms with Crippen molar-refractivity contribution >= 4 is 0 Å². The van der Waals surface area contributed by atoms with Crippen LogP contribution in [0, 0.1) is 23.5 Å². The second-order valence-electron chi connectivity index (χ2n) is 8.31. The van der Waals surface area contributed by atoms with Crippen LogP contribution in [-0.4, -0.2) is 13.2 Å². The largest absolute Gasteiger partial charge is 0.361 e. The van der Waals surface area contributed by atoms with Crippen molar-refractivity contribution in [1.82, 2.24) is 5.48 Å². The number of hydroxylamine groups is 1. The van der Waals surface area contributed by atoms with Gasteiger partial charge in [0.05, 0.1) is 13.2 Å². The Morgan fingerprint density at radius 3 is 2.10 bits per heavy atom. The molecular formula is C25H29F2NO2. The number of ether oxygens (including phenoxy) is 1. The summed E-state index contributed by atoms with van der Waals surface area (Å²) < 4.78 is 33.9. The van der Waals surface area contributed by atoms with Crippen molar-refractivity contribution in [3.8, 4) is 0 Å². The Hall–Kier alpha value is -2.24. The third-order valence-electron chi connectivity index (χ3n) is 6.45. The maximum absolute atomic E-state index is 13.6. The maximum Gasteiger partial charge on any atom is 0.123 e. The van der Waals surface area contributed by atoms with Crippen LogP contribution in [0.5, 0.6) is 0 Å². The monoisotopic (exact) mass is 413 g/mol. The number of hydrogen-bond acceptors (Lipinski definition) is 3. The van der Waals surface area contributed by atoms with E-state index in [2.05, 4.69) is 12.4 Å². The smallest absolute Gasteiger partial charge is 0.123 e. The summed E-state index contributed by atoms with van der Waals surface area (Å²) in [4.78, 5) is 5.26. The highest BCUT2D eigenvalue weighted by Gasteiger charge is 2.41. The van der Waals surface area contributed by atoms with Gasteiger partial charge in [-0.3, -0.25) is 10.3 Å². The highest BCUT2D eigenvalue weighted by atomic mass is 19.1. The maximum atomic E-state index is 13.6. The molecule has 1 unspecified atom stereocenters. The number of fused-ring (bicyclic) bond motifs is 2. The van der Waals surface area contributed by atoms with Gasteiger partial charge >= 0.3 is 0 Å². The summed E-state index contributed by atoms with van der Waals surface area (Å²) >= 11 is 0. The number of hydrogen-bond donors (Lipinski definition) is 1. The lowest BCUT2D eigenvalue weighted by Gasteiger charge is -2.36. The number of rotatable bonds is 7. The lowest BCUT2D eigenvalue weighted by atomic mass is 9.80. The summed E-state index contributed by atoms with van der Waals surface area (Å²) in [6.45, 7) is 2.11. The summed E-state index contributed by atoms with van der Waals surface area (Å²) in [5.41, 5.74) is 7.18. The third-order valence-corrected chi connectivity index (χ3v) is 6.45. The predicted molar refractivity (Wildman–Crippen MR) is 112 cm³/mol. The van der Waals surface area contributed by atoms with Gasteiger partial charge in [0, 0.05) is 5.70 Å². The molecule has 0 amide bonds. The van der Waals surface area contributed by atoms with Crippen LogP contribution >= 0.6 is 0 Å². The van der Waals surface area contributed by atoms with Gasteiger partial charge in [-0.15, -0.1) is 0 Å². The van der Waals surface area contributed by atoms with Gasteiger partial charge < -0.3 is 4.74 Å². The first-order valence-corrected chi connectivity index (χ1v) is 10.8. The van der Waals surface area contributed by atoms with Crippen molar-refractivity contribution in [1.29, 1.82) is 0 Å². The summed E-state index contributed by atoms with van der Waals surface area (Å²) in [7, 11) is 1.63. The topological polar surface area (TPSA) is 30.5 Å². The van der Waals surface area contributed by atoms with Gasteiger partial charge in [0.1, 0.15) is 17.7 Å². The second kappa shape index (κ2) is 9.27. The Balaban J connectivity index is 1.71. The van der Waals surface area contributed by atoms with Gasteiger partial charge in [0.15, 0.2) is 0 Å². The van der Waals surface area contributed by atoms with Crippen molar-refractivity contribution < 1.29 is 18.4 Å². The fourth-order valence-corrected chi connectivity index (χ4v) is 5.08. The molecule has 0 heterocycles. The van der Waals surface area contributed by atoms with Gasteiger partial charge in [-0.2, -0.15) is 0 Å². The number of halogens is 2. The minimum atomic E-state index is -0.399. The quantitative estimate of drug-likeness (QED) is 0.559. The average molecular weight is 414 g/mol. The van der Waals surface area contributed by atoms with Crippen LogP contribution in [0.25, 0.3) is 0 Å². The fraction of sp³-hybridized carbons (Fsp3) is 0.440. The molecule has 2 aliphatic rings. The van der Waals surface area contributed by atoms with Gasteiger partial charge in [0.25, 0.3) is 0 Å². The first-order valence-electron chi connectivity index (χ1n) is 10.8. The van der Waals surface area contributed by atoms with Gasteiger partial charge in [0.2, 0.25) is 0 Å². The van der Waals surface area contributed by atoms with E-state index in [4.69, 9.17) is 9.57 Å². The molecule has 2 saturated carbocycles. The Morgan fingerprint density at radius 1 is 0.967 bits per heavy atom. The van der Waals surface area contributed by atoms with E-state index in [1.54, 1.807) is 31.4 Å². The highest BCUT2D eigenvalue weighted by molar-refractivity contribution is 5.32. The van der Waals surface area contributed by atoms with E-state index in [1.165, 1.54) is 49.1 Å². The molecule has 2 aromatic rings. The highest BCUT2D eigenvalue weighted by Crippen LogP contribution is 2.48. The molecule has 1 N–H and O–H groups in total. The predicted octanol–water partition coefficient (Wildman–Crippen LogP) is 6.07. The minimum absolute atomic E-state index is 0.0612. The van der Waals surface area contributed by atoms with Crippen molar-refractivity contribution in [3.05, 3.63) is 82.6 Å². The summed E-state index contributed by atoms with van der Waals surface area (Å²) in [5, 5.41) is 0. The lowest BCUT2D eigenvalue weighted by molar-refractivity contribution is 0.00131. The number of benzene rings is 2. The Bertz CT molecular complexity index is 834. The molecule has 2 aromatic carbocycles. The molecule has 0 radical (unpaired) electrons. The van der Waals surface area contributed by atoms with Crippen molar-refractivity contribution in [3.63, 3.8) is 0 Å². The molecule has 2 bridgehead atoms. The lowest BCUT2D eigenvalue weighted by Crippen LogP contribution is -2.32. The molecule has 4 rings (SSSR count). The SMILES string of the molecule is CCC(NOC)=C1[C@H]2CCC(C2)C[C@H]1OC(c1ccc(F)cc1)c1ccc(F)cc1. The molecular weight excluding hydrogens is 384 g/mol. The van der Waals surface area contributed by atoms with Crippen molar-refractivity contribution in [2.45, 2.75) is 51.2 Å². The van der Waals surface area contributed by atoms with E-state index in [1.807, 2.05) is 0 Å². The standard InChI is InChI=1S/C25H29F2NO2/c1-3-22(28-29-2)24-19-5-4-16(14-19)15-23(24)30-25(17-6-10-20(26)11-7-17)18-8-12-21(27)13-9-18/h6-13,16,19,23,25,28H,3-5,14-15H2,1-2H3/t16?,19-,23+/m0/s1. The van der Waals surface area contributed by atoms with Crippen LogP contribution in [0.2, 0.25) is 0 Å². The van der Waals surface area contributed by atoms with Crippen molar-refractivity contribution in [2.75, 3.05) is 7.11 Å². The van der Waals surface area contributed by atoms with E-state index in [0.29, 0.717) is 11.8 Å². The van der Waals surface area contributed by atoms with Gasteiger partial charge in [-0.25, -0.2) is 8.78 Å². The molecule has 2 aliphatic carbocycles. The van der Waals surface area contributed by atoms with Crippen LogP contribution in [0.15, 0.2) is 59.8 Å². The average Bonchev–Trinajstić information content (AvgIpc) is 3.14. The van der Waals surface area contributed by atoms with E-state index in [-0.39, 0.29) is 17.7 Å². The van der Waals surface area contributed by atoms with E-state index < -0.39 is 6.10 Å². The summed E-state index contributed by atoms with van der Waals surface area (Å²) in [5.74, 6) is 0.579. The molecule has 2 fully saturated rings. The Morgan fingerprint density at radius 2 is 1.57 bits per heavy atom. The third kappa shape index (κ3) is 4.42. The molecule has 3 nitrogen and oxygen atoms in total. The van der Waals surface area contributed by atoms with Crippen LogP contribution in [0.3, 0.4) is 0 Å². The molecule has 5 heteroatoms. The molecule has 160 valence electrons. The zero-order chi connectivity index (χ0) is 21.1. The van der Waals surface area contributed by atoms with Crippen LogP contribution < -0.4 is 5.48 Å². The van der Waals surface area contributed by atoms with Gasteiger partial charge in [-0.05, 0) is 84.9 Å². The number of nitrogens with one attached hydrogen (secondary N) is 1. The molecule has 30 heavy (non-hydrogen) atoms. The second-order valence-corrected chi connectivity index (χ2v) is 8.31. The first-order chi connectivity index (χ1) is 14.6. The Kier molecular flexibility index (Phi) is 6.49. The molecule has 0 saturated heterocycles. The van der Waals surface area contributed by atoms with E-state index >= 15 is 0 Å². The molecule has 0 aliphatic heterocycles. The fourth-order valence-electron chi connectivity index (χ4n) is 5.08. The summed E-state index contributed by atoms with van der Waals surface area (Å²) in [6, 6.07) is 12.8. The zero-order valence-corrected chi connectivity index (χ0v) is 17.5.